The summed E-state index contributed by atoms with van der Waals surface area (Å²) in [6, 6.07) is 7.87. The lowest BCUT2D eigenvalue weighted by atomic mass is 10.0. The van der Waals surface area contributed by atoms with Crippen LogP contribution >= 0.6 is 0 Å². The van der Waals surface area contributed by atoms with Gasteiger partial charge in [-0.1, -0.05) is 18.2 Å². The van der Waals surface area contributed by atoms with E-state index in [0.29, 0.717) is 0 Å². The Bertz CT molecular complexity index is 337. The maximum atomic E-state index is 11.7. The van der Waals surface area contributed by atoms with Gasteiger partial charge >= 0.3 is 0 Å². The number of hydrogen-bond acceptors (Lipinski definition) is 2. The van der Waals surface area contributed by atoms with Crippen LogP contribution in [0.3, 0.4) is 0 Å². The topological polar surface area (TPSA) is 43.1 Å². The van der Waals surface area contributed by atoms with Crippen LogP contribution in [0.2, 0.25) is 0 Å². The second-order valence-electron chi connectivity index (χ2n) is 3.34. The molecule has 70 valence electrons. The van der Waals surface area contributed by atoms with E-state index in [1.807, 2.05) is 24.3 Å². The monoisotopic (exact) mass is 195 g/mol. The molecule has 0 radical (unpaired) electrons. The minimum Gasteiger partial charge on any atom is -0.324 e. The van der Waals surface area contributed by atoms with Crippen LogP contribution in [0.4, 0.5) is 0 Å². The van der Waals surface area contributed by atoms with Gasteiger partial charge in [0.25, 0.3) is 0 Å². The summed E-state index contributed by atoms with van der Waals surface area (Å²) in [5.74, 6) is 0.755. The molecule has 0 spiro atoms. The Hall–Kier alpha value is -0.670. The summed E-state index contributed by atoms with van der Waals surface area (Å²) in [7, 11) is -0.833. The van der Waals surface area contributed by atoms with E-state index in [1.54, 1.807) is 0 Å². The van der Waals surface area contributed by atoms with Crippen molar-refractivity contribution in [2.75, 3.05) is 5.75 Å². The summed E-state index contributed by atoms with van der Waals surface area (Å²) < 4.78 is 11.7. The number of rotatable bonds is 0. The van der Waals surface area contributed by atoms with Crippen LogP contribution < -0.4 is 5.73 Å². The molecular formula is C10H13NOS. The van der Waals surface area contributed by atoms with Crippen LogP contribution in [0.1, 0.15) is 24.4 Å². The molecule has 0 fully saturated rings. The molecule has 3 heteroatoms. The minimum absolute atomic E-state index is 0.0719. The lowest BCUT2D eigenvalue weighted by Crippen LogP contribution is -2.09. The molecule has 0 aliphatic carbocycles. The first-order chi connectivity index (χ1) is 6.29. The highest BCUT2D eigenvalue weighted by molar-refractivity contribution is 7.85. The highest BCUT2D eigenvalue weighted by Crippen LogP contribution is 2.26. The second kappa shape index (κ2) is 3.60. The SMILES string of the molecule is NC1CCCS(=O)c2ccccc21. The van der Waals surface area contributed by atoms with Crippen molar-refractivity contribution in [2.24, 2.45) is 5.73 Å². The van der Waals surface area contributed by atoms with Gasteiger partial charge in [-0.15, -0.1) is 0 Å². The highest BCUT2D eigenvalue weighted by atomic mass is 32.2. The number of fused-ring (bicyclic) bond motifs is 1. The fraction of sp³-hybridized carbons (Fsp3) is 0.400. The van der Waals surface area contributed by atoms with Crippen LogP contribution in [-0.2, 0) is 10.8 Å². The van der Waals surface area contributed by atoms with Crippen LogP contribution in [0, 0.1) is 0 Å². The molecule has 2 atom stereocenters. The third-order valence-corrected chi connectivity index (χ3v) is 3.93. The van der Waals surface area contributed by atoms with Gasteiger partial charge < -0.3 is 5.73 Å². The minimum atomic E-state index is -0.833. The first kappa shape index (κ1) is 8.91. The smallest absolute Gasteiger partial charge is 0.0532 e. The van der Waals surface area contributed by atoms with Crippen molar-refractivity contribution in [3.8, 4) is 0 Å². The molecule has 1 aliphatic heterocycles. The molecule has 0 saturated carbocycles. The molecular weight excluding hydrogens is 182 g/mol. The number of hydrogen-bond donors (Lipinski definition) is 1. The van der Waals surface area contributed by atoms with Crippen LogP contribution in [0.25, 0.3) is 0 Å². The molecule has 2 rings (SSSR count). The average molecular weight is 195 g/mol. The highest BCUT2D eigenvalue weighted by Gasteiger charge is 2.18. The standard InChI is InChI=1S/C10H13NOS/c11-9-5-3-7-13(12)10-6-2-1-4-8(9)10/h1-2,4,6,9H,3,5,7,11H2. The van der Waals surface area contributed by atoms with E-state index >= 15 is 0 Å². The van der Waals surface area contributed by atoms with Crippen molar-refractivity contribution in [3.05, 3.63) is 29.8 Å². The maximum Gasteiger partial charge on any atom is 0.0532 e. The quantitative estimate of drug-likeness (QED) is 0.683. The van der Waals surface area contributed by atoms with Crippen molar-refractivity contribution in [1.29, 1.82) is 0 Å². The van der Waals surface area contributed by atoms with Gasteiger partial charge in [-0.05, 0) is 24.5 Å². The van der Waals surface area contributed by atoms with Crippen LogP contribution in [-0.4, -0.2) is 9.96 Å². The number of nitrogens with two attached hydrogens (primary N) is 1. The molecule has 2 unspecified atom stereocenters. The Morgan fingerprint density at radius 3 is 3.00 bits per heavy atom. The first-order valence-corrected chi connectivity index (χ1v) is 5.84. The van der Waals surface area contributed by atoms with Gasteiger partial charge in [0.2, 0.25) is 0 Å². The van der Waals surface area contributed by atoms with E-state index < -0.39 is 10.8 Å². The zero-order valence-corrected chi connectivity index (χ0v) is 8.22. The Kier molecular flexibility index (Phi) is 2.47. The zero-order chi connectivity index (χ0) is 9.26. The first-order valence-electron chi connectivity index (χ1n) is 4.52. The predicted molar refractivity (Wildman–Crippen MR) is 53.9 cm³/mol. The molecule has 2 nitrogen and oxygen atoms in total. The van der Waals surface area contributed by atoms with Crippen LogP contribution in [0.15, 0.2) is 29.2 Å². The lowest BCUT2D eigenvalue weighted by Gasteiger charge is -2.10. The van der Waals surface area contributed by atoms with Gasteiger partial charge in [0.15, 0.2) is 0 Å². The summed E-state index contributed by atoms with van der Waals surface area (Å²) in [6.45, 7) is 0. The van der Waals surface area contributed by atoms with Gasteiger partial charge in [0.05, 0.1) is 10.8 Å². The fourth-order valence-corrected chi connectivity index (χ4v) is 3.06. The van der Waals surface area contributed by atoms with Gasteiger partial charge in [-0.3, -0.25) is 4.21 Å². The molecule has 0 bridgehead atoms. The molecule has 1 aliphatic rings. The van der Waals surface area contributed by atoms with Crippen LogP contribution in [0.5, 0.6) is 0 Å². The van der Waals surface area contributed by atoms with Gasteiger partial charge in [0, 0.05) is 16.7 Å². The van der Waals surface area contributed by atoms with Gasteiger partial charge in [0.1, 0.15) is 0 Å². The van der Waals surface area contributed by atoms with Crippen molar-refractivity contribution < 1.29 is 4.21 Å². The predicted octanol–water partition coefficient (Wildman–Crippen LogP) is 1.59. The molecule has 1 aromatic rings. The zero-order valence-electron chi connectivity index (χ0n) is 7.40. The summed E-state index contributed by atoms with van der Waals surface area (Å²) in [5.41, 5.74) is 7.04. The molecule has 0 amide bonds. The Labute approximate surface area is 80.6 Å². The third kappa shape index (κ3) is 1.67. The van der Waals surface area contributed by atoms with Crippen molar-refractivity contribution in [2.45, 2.75) is 23.8 Å². The maximum absolute atomic E-state index is 11.7. The van der Waals surface area contributed by atoms with E-state index in [1.165, 1.54) is 0 Å². The lowest BCUT2D eigenvalue weighted by molar-refractivity contribution is 0.639. The summed E-state index contributed by atoms with van der Waals surface area (Å²) in [4.78, 5) is 0.938. The fourth-order valence-electron chi connectivity index (χ4n) is 1.69. The molecule has 0 aromatic heterocycles. The molecule has 13 heavy (non-hydrogen) atoms. The molecule has 1 aromatic carbocycles. The van der Waals surface area contributed by atoms with Crippen molar-refractivity contribution in [3.63, 3.8) is 0 Å². The third-order valence-electron chi connectivity index (χ3n) is 2.41. The average Bonchev–Trinajstić information content (AvgIpc) is 2.29. The van der Waals surface area contributed by atoms with E-state index in [9.17, 15) is 4.21 Å². The van der Waals surface area contributed by atoms with E-state index in [0.717, 1.165) is 29.1 Å². The largest absolute Gasteiger partial charge is 0.324 e. The number of benzene rings is 1. The van der Waals surface area contributed by atoms with E-state index in [4.69, 9.17) is 5.73 Å². The normalized spacial score (nSPS) is 27.8. The molecule has 0 saturated heterocycles. The van der Waals surface area contributed by atoms with Crippen molar-refractivity contribution >= 4 is 10.8 Å². The summed E-state index contributed by atoms with van der Waals surface area (Å²) in [5, 5.41) is 0. The Morgan fingerprint density at radius 1 is 1.38 bits per heavy atom. The molecule has 2 N–H and O–H groups in total. The summed E-state index contributed by atoms with van der Waals surface area (Å²) >= 11 is 0. The molecule has 1 heterocycles. The van der Waals surface area contributed by atoms with Gasteiger partial charge in [-0.2, -0.15) is 0 Å². The Morgan fingerprint density at radius 2 is 2.15 bits per heavy atom. The second-order valence-corrected chi connectivity index (χ2v) is 4.88. The Balaban J connectivity index is 2.51. The van der Waals surface area contributed by atoms with E-state index in [2.05, 4.69) is 0 Å². The van der Waals surface area contributed by atoms with Crippen molar-refractivity contribution in [1.82, 2.24) is 0 Å². The summed E-state index contributed by atoms with van der Waals surface area (Å²) in [6.07, 6.45) is 1.91. The van der Waals surface area contributed by atoms with E-state index in [-0.39, 0.29) is 6.04 Å². The van der Waals surface area contributed by atoms with Gasteiger partial charge in [-0.25, -0.2) is 0 Å².